The van der Waals surface area contributed by atoms with E-state index in [4.69, 9.17) is 14.2 Å². The number of phenols is 2. The van der Waals surface area contributed by atoms with Gasteiger partial charge in [0.25, 0.3) is 5.79 Å². The molecule has 1 aromatic carbocycles. The van der Waals surface area contributed by atoms with Crippen LogP contribution in [0.2, 0.25) is 0 Å². The Bertz CT molecular complexity index is 621. The Balaban J connectivity index is 2.44. The van der Waals surface area contributed by atoms with Crippen LogP contribution in [0.3, 0.4) is 0 Å². The first kappa shape index (κ1) is 14.7. The summed E-state index contributed by atoms with van der Waals surface area (Å²) in [7, 11) is 1.33. The molecule has 0 atom stereocenters. The summed E-state index contributed by atoms with van der Waals surface area (Å²) in [5.41, 5.74) is -0.259. The van der Waals surface area contributed by atoms with Crippen LogP contribution in [0.4, 0.5) is 0 Å². The van der Waals surface area contributed by atoms with Gasteiger partial charge < -0.3 is 24.4 Å². The van der Waals surface area contributed by atoms with Crippen molar-refractivity contribution in [2.75, 3.05) is 7.11 Å². The van der Waals surface area contributed by atoms with Crippen molar-refractivity contribution in [3.05, 3.63) is 23.3 Å². The lowest BCUT2D eigenvalue weighted by atomic mass is 10.1. The van der Waals surface area contributed by atoms with E-state index in [9.17, 15) is 19.8 Å². The van der Waals surface area contributed by atoms with E-state index >= 15 is 0 Å². The second-order valence-corrected chi connectivity index (χ2v) is 4.82. The molecule has 0 saturated carbocycles. The second-order valence-electron chi connectivity index (χ2n) is 4.82. The minimum Gasteiger partial charge on any atom is -0.507 e. The highest BCUT2D eigenvalue weighted by atomic mass is 16.7. The molecule has 2 rings (SSSR count). The summed E-state index contributed by atoms with van der Waals surface area (Å²) in [6.07, 6.45) is 1.11. The Kier molecular flexibility index (Phi) is 3.51. The molecule has 0 aliphatic carbocycles. The van der Waals surface area contributed by atoms with Gasteiger partial charge in [-0.2, -0.15) is 0 Å². The summed E-state index contributed by atoms with van der Waals surface area (Å²) in [6, 6.07) is 2.31. The fraction of sp³-hybridized carbons (Fsp3) is 0.286. The number of methoxy groups -OCH3 is 1. The highest BCUT2D eigenvalue weighted by Crippen LogP contribution is 2.35. The number of ether oxygens (including phenoxy) is 3. The van der Waals surface area contributed by atoms with E-state index in [2.05, 4.69) is 0 Å². The molecule has 1 aliphatic heterocycles. The summed E-state index contributed by atoms with van der Waals surface area (Å²) < 4.78 is 14.8. The Labute approximate surface area is 120 Å². The molecule has 7 nitrogen and oxygen atoms in total. The topological polar surface area (TPSA) is 102 Å². The summed E-state index contributed by atoms with van der Waals surface area (Å²) in [4.78, 5) is 23.6. The SMILES string of the molecule is COc1cc(C=C2C(=O)OC(C)(C)OC2=O)c(O)cc1O. The third kappa shape index (κ3) is 2.91. The van der Waals surface area contributed by atoms with Gasteiger partial charge in [-0.25, -0.2) is 9.59 Å². The summed E-state index contributed by atoms with van der Waals surface area (Å²) in [5, 5.41) is 19.3. The van der Waals surface area contributed by atoms with Crippen molar-refractivity contribution in [3.63, 3.8) is 0 Å². The first-order valence-electron chi connectivity index (χ1n) is 6.02. The van der Waals surface area contributed by atoms with E-state index in [1.54, 1.807) is 0 Å². The lowest BCUT2D eigenvalue weighted by Crippen LogP contribution is -2.41. The van der Waals surface area contributed by atoms with Crippen molar-refractivity contribution in [2.45, 2.75) is 19.6 Å². The predicted molar refractivity (Wildman–Crippen MR) is 70.6 cm³/mol. The molecule has 1 fully saturated rings. The molecule has 21 heavy (non-hydrogen) atoms. The van der Waals surface area contributed by atoms with Gasteiger partial charge in [0.15, 0.2) is 11.5 Å². The number of phenolic OH excluding ortho intramolecular Hbond substituents is 2. The van der Waals surface area contributed by atoms with Crippen LogP contribution in [-0.4, -0.2) is 35.0 Å². The average Bonchev–Trinajstić information content (AvgIpc) is 2.34. The standard InChI is InChI=1S/C14H14O7/c1-14(2)20-12(17)8(13(18)21-14)4-7-5-11(19-3)10(16)6-9(7)15/h4-6,15-16H,1-3H3. The van der Waals surface area contributed by atoms with Gasteiger partial charge in [0, 0.05) is 25.5 Å². The van der Waals surface area contributed by atoms with Crippen LogP contribution in [-0.2, 0) is 19.1 Å². The Morgan fingerprint density at radius 3 is 2.19 bits per heavy atom. The van der Waals surface area contributed by atoms with Crippen molar-refractivity contribution in [1.29, 1.82) is 0 Å². The fourth-order valence-corrected chi connectivity index (χ4v) is 1.79. The van der Waals surface area contributed by atoms with Crippen LogP contribution >= 0.6 is 0 Å². The van der Waals surface area contributed by atoms with E-state index in [1.165, 1.54) is 27.0 Å². The molecule has 0 amide bonds. The third-order valence-electron chi connectivity index (χ3n) is 2.74. The van der Waals surface area contributed by atoms with E-state index in [1.807, 2.05) is 0 Å². The van der Waals surface area contributed by atoms with Crippen molar-refractivity contribution < 1.29 is 34.0 Å². The summed E-state index contributed by atoms with van der Waals surface area (Å²) in [6.45, 7) is 2.86. The molecule has 7 heteroatoms. The van der Waals surface area contributed by atoms with E-state index in [-0.39, 0.29) is 28.4 Å². The number of hydrogen-bond acceptors (Lipinski definition) is 7. The van der Waals surface area contributed by atoms with Gasteiger partial charge in [-0.3, -0.25) is 0 Å². The van der Waals surface area contributed by atoms with Gasteiger partial charge in [-0.05, 0) is 12.1 Å². The molecular formula is C14H14O7. The normalized spacial score (nSPS) is 17.0. The van der Waals surface area contributed by atoms with Gasteiger partial charge in [-0.15, -0.1) is 0 Å². The molecule has 1 saturated heterocycles. The lowest BCUT2D eigenvalue weighted by molar-refractivity contribution is -0.222. The zero-order chi connectivity index (χ0) is 15.8. The number of cyclic esters (lactones) is 2. The maximum absolute atomic E-state index is 11.8. The minimum absolute atomic E-state index is 0.0810. The van der Waals surface area contributed by atoms with Crippen molar-refractivity contribution in [1.82, 2.24) is 0 Å². The first-order valence-corrected chi connectivity index (χ1v) is 6.02. The molecular weight excluding hydrogens is 280 g/mol. The van der Waals surface area contributed by atoms with Gasteiger partial charge >= 0.3 is 11.9 Å². The average molecular weight is 294 g/mol. The van der Waals surface area contributed by atoms with Gasteiger partial charge in [0.2, 0.25) is 0 Å². The van der Waals surface area contributed by atoms with Gasteiger partial charge in [0.1, 0.15) is 11.3 Å². The van der Waals surface area contributed by atoms with Crippen molar-refractivity contribution in [3.8, 4) is 17.2 Å². The number of benzene rings is 1. The molecule has 1 aromatic rings. The molecule has 112 valence electrons. The first-order chi connectivity index (χ1) is 9.73. The van der Waals surface area contributed by atoms with Crippen LogP contribution in [0.1, 0.15) is 19.4 Å². The van der Waals surface area contributed by atoms with Crippen molar-refractivity contribution in [2.24, 2.45) is 0 Å². The molecule has 1 heterocycles. The monoisotopic (exact) mass is 294 g/mol. The number of aromatic hydroxyl groups is 2. The third-order valence-corrected chi connectivity index (χ3v) is 2.74. The fourth-order valence-electron chi connectivity index (χ4n) is 1.79. The summed E-state index contributed by atoms with van der Waals surface area (Å²) >= 11 is 0. The molecule has 0 radical (unpaired) electrons. The smallest absolute Gasteiger partial charge is 0.348 e. The molecule has 2 N–H and O–H groups in total. The molecule has 0 spiro atoms. The number of esters is 2. The number of carbonyl (C=O) groups is 2. The zero-order valence-electron chi connectivity index (χ0n) is 11.7. The van der Waals surface area contributed by atoms with E-state index < -0.39 is 17.7 Å². The second kappa shape index (κ2) is 5.01. The number of hydrogen-bond donors (Lipinski definition) is 2. The Morgan fingerprint density at radius 2 is 1.67 bits per heavy atom. The maximum Gasteiger partial charge on any atom is 0.348 e. The quantitative estimate of drug-likeness (QED) is 0.482. The maximum atomic E-state index is 11.8. The van der Waals surface area contributed by atoms with Crippen LogP contribution in [0, 0.1) is 0 Å². The van der Waals surface area contributed by atoms with Gasteiger partial charge in [0.05, 0.1) is 7.11 Å². The largest absolute Gasteiger partial charge is 0.507 e. The Morgan fingerprint density at radius 1 is 1.10 bits per heavy atom. The summed E-state index contributed by atoms with van der Waals surface area (Å²) in [5.74, 6) is -3.57. The van der Waals surface area contributed by atoms with Gasteiger partial charge in [-0.1, -0.05) is 0 Å². The van der Waals surface area contributed by atoms with Crippen LogP contribution in [0.25, 0.3) is 6.08 Å². The van der Waals surface area contributed by atoms with E-state index in [0.29, 0.717) is 0 Å². The molecule has 0 aromatic heterocycles. The molecule has 0 bridgehead atoms. The van der Waals surface area contributed by atoms with Crippen LogP contribution in [0.5, 0.6) is 17.2 Å². The van der Waals surface area contributed by atoms with Crippen LogP contribution in [0.15, 0.2) is 17.7 Å². The predicted octanol–water partition coefficient (Wildman–Crippen LogP) is 1.33. The zero-order valence-corrected chi connectivity index (χ0v) is 11.7. The Hall–Kier alpha value is -2.70. The van der Waals surface area contributed by atoms with E-state index in [0.717, 1.165) is 12.1 Å². The molecule has 1 aliphatic rings. The van der Waals surface area contributed by atoms with Crippen LogP contribution < -0.4 is 4.74 Å². The number of carbonyl (C=O) groups excluding carboxylic acids is 2. The lowest BCUT2D eigenvalue weighted by Gasteiger charge is -2.29. The molecule has 0 unspecified atom stereocenters. The van der Waals surface area contributed by atoms with Crippen molar-refractivity contribution >= 4 is 18.0 Å². The highest BCUT2D eigenvalue weighted by molar-refractivity contribution is 6.19. The minimum atomic E-state index is -1.33. The number of rotatable bonds is 2. The highest BCUT2D eigenvalue weighted by Gasteiger charge is 2.39.